The molecule has 0 unspecified atom stereocenters. The highest BCUT2D eigenvalue weighted by Crippen LogP contribution is 2.75. The average molecular weight is 359 g/mol. The smallest absolute Gasteiger partial charge is 0.0235 e. The molecule has 7 atom stereocenters. The monoisotopic (exact) mass is 358 g/mol. The summed E-state index contributed by atoms with van der Waals surface area (Å²) in [5.74, 6) is 2.89. The van der Waals surface area contributed by atoms with Crippen LogP contribution in [0.15, 0.2) is 0 Å². The number of hydrogen-bond acceptors (Lipinski definition) is 0. The minimum Gasteiger partial charge on any atom is -0.0649 e. The molecule has 4 fully saturated rings. The van der Waals surface area contributed by atoms with E-state index in [9.17, 15) is 0 Å². The molecule has 4 aliphatic carbocycles. The van der Waals surface area contributed by atoms with Crippen molar-refractivity contribution in [3.05, 3.63) is 0 Å². The molecule has 0 aromatic rings. The summed E-state index contributed by atoms with van der Waals surface area (Å²) in [7, 11) is 0. The lowest BCUT2D eigenvalue weighted by Gasteiger charge is -2.72. The quantitative estimate of drug-likeness (QED) is 0.442. The van der Waals surface area contributed by atoms with Crippen molar-refractivity contribution in [2.24, 2.45) is 44.8 Å². The molecular weight excluding hydrogens is 312 g/mol. The summed E-state index contributed by atoms with van der Waals surface area (Å²) in [6.07, 6.45) is 16.3. The van der Waals surface area contributed by atoms with Crippen LogP contribution in [0.25, 0.3) is 0 Å². The second kappa shape index (κ2) is 5.76. The largest absolute Gasteiger partial charge is 0.0649 e. The molecule has 0 saturated heterocycles. The first-order valence-corrected chi connectivity index (χ1v) is 12.0. The van der Waals surface area contributed by atoms with Gasteiger partial charge in [-0.05, 0) is 96.2 Å². The van der Waals surface area contributed by atoms with Crippen LogP contribution in [0.5, 0.6) is 0 Å². The summed E-state index contributed by atoms with van der Waals surface area (Å²) in [6, 6.07) is 0. The van der Waals surface area contributed by atoms with E-state index in [0.29, 0.717) is 27.1 Å². The van der Waals surface area contributed by atoms with Crippen molar-refractivity contribution in [3.8, 4) is 0 Å². The van der Waals surface area contributed by atoms with E-state index in [2.05, 4.69) is 48.5 Å². The Bertz CT molecular complexity index is 560. The third kappa shape index (κ3) is 2.26. The zero-order chi connectivity index (χ0) is 19.0. The van der Waals surface area contributed by atoms with Gasteiger partial charge in [0, 0.05) is 0 Å². The Kier molecular flexibility index (Phi) is 4.28. The predicted octanol–water partition coefficient (Wildman–Crippen LogP) is 8.25. The molecule has 0 heteroatoms. The Hall–Kier alpha value is 0. The molecule has 0 amide bonds. The van der Waals surface area contributed by atoms with Gasteiger partial charge in [-0.1, -0.05) is 67.7 Å². The van der Waals surface area contributed by atoms with Gasteiger partial charge in [-0.2, -0.15) is 0 Å². The molecule has 0 aromatic heterocycles. The SMILES string of the molecule is CC[C@@]1(C)CCC[C@]2(C)[C@@H]1CC[C@@H]1[C@@]3(C)CCCC(C)(C)[C@@H]3CC[C@]12C. The summed E-state index contributed by atoms with van der Waals surface area (Å²) in [5.41, 5.74) is 2.92. The third-order valence-electron chi connectivity index (χ3n) is 11.7. The first kappa shape index (κ1) is 19.3. The summed E-state index contributed by atoms with van der Waals surface area (Å²) in [4.78, 5) is 0. The molecule has 0 radical (unpaired) electrons. The van der Waals surface area contributed by atoms with Crippen LogP contribution in [0.2, 0.25) is 0 Å². The van der Waals surface area contributed by atoms with Gasteiger partial charge >= 0.3 is 0 Å². The van der Waals surface area contributed by atoms with E-state index in [1.54, 1.807) is 0 Å². The highest BCUT2D eigenvalue weighted by atomic mass is 14.7. The number of hydrogen-bond donors (Lipinski definition) is 0. The molecular formula is C26H46. The number of fused-ring (bicyclic) bond motifs is 5. The van der Waals surface area contributed by atoms with Gasteiger partial charge in [0.15, 0.2) is 0 Å². The highest BCUT2D eigenvalue weighted by molar-refractivity contribution is 5.16. The second-order valence-corrected chi connectivity index (χ2v) is 12.8. The molecule has 26 heavy (non-hydrogen) atoms. The van der Waals surface area contributed by atoms with Crippen molar-refractivity contribution in [2.45, 2.75) is 119 Å². The molecule has 0 heterocycles. The zero-order valence-electron chi connectivity index (χ0n) is 19.0. The summed E-state index contributed by atoms with van der Waals surface area (Å²) in [6.45, 7) is 18.6. The topological polar surface area (TPSA) is 0 Å². The van der Waals surface area contributed by atoms with Crippen molar-refractivity contribution in [1.29, 1.82) is 0 Å². The van der Waals surface area contributed by atoms with Gasteiger partial charge in [-0.25, -0.2) is 0 Å². The van der Waals surface area contributed by atoms with E-state index < -0.39 is 0 Å². The van der Waals surface area contributed by atoms with Gasteiger partial charge in [0.25, 0.3) is 0 Å². The first-order chi connectivity index (χ1) is 12.0. The highest BCUT2D eigenvalue weighted by Gasteiger charge is 2.67. The Morgan fingerprint density at radius 3 is 1.92 bits per heavy atom. The molecule has 4 rings (SSSR count). The van der Waals surface area contributed by atoms with Gasteiger partial charge in [0.05, 0.1) is 0 Å². The number of rotatable bonds is 1. The molecule has 0 aliphatic heterocycles. The minimum absolute atomic E-state index is 0.566. The van der Waals surface area contributed by atoms with Gasteiger partial charge < -0.3 is 0 Å². The Balaban J connectivity index is 1.76. The molecule has 150 valence electrons. The maximum Gasteiger partial charge on any atom is -0.0235 e. The lowest BCUT2D eigenvalue weighted by atomic mass is 9.32. The van der Waals surface area contributed by atoms with Crippen molar-refractivity contribution in [3.63, 3.8) is 0 Å². The molecule has 0 nitrogen and oxygen atoms in total. The fourth-order valence-electron chi connectivity index (χ4n) is 10.1. The maximum atomic E-state index is 2.77. The Morgan fingerprint density at radius 1 is 0.615 bits per heavy atom. The summed E-state index contributed by atoms with van der Waals surface area (Å²) in [5, 5.41) is 0. The van der Waals surface area contributed by atoms with E-state index >= 15 is 0 Å². The lowest BCUT2D eigenvalue weighted by molar-refractivity contribution is -0.234. The van der Waals surface area contributed by atoms with E-state index in [0.717, 1.165) is 17.8 Å². The van der Waals surface area contributed by atoms with Crippen LogP contribution in [0.4, 0.5) is 0 Å². The lowest BCUT2D eigenvalue weighted by Crippen LogP contribution is -2.65. The standard InChI is InChI=1S/C26H46/c1-8-23(4)15-10-17-25(6)20(23)11-12-21-24(5)16-9-14-22(2,3)19(24)13-18-26(21,25)7/h19-21H,8-18H2,1-7H3/t19-,20+,21+,23-,24-,25+,26+/m0/s1. The van der Waals surface area contributed by atoms with Crippen LogP contribution in [0.1, 0.15) is 119 Å². The van der Waals surface area contributed by atoms with Crippen molar-refractivity contribution >= 4 is 0 Å². The molecule has 4 saturated carbocycles. The van der Waals surface area contributed by atoms with Crippen molar-refractivity contribution in [2.75, 3.05) is 0 Å². The van der Waals surface area contributed by atoms with Crippen molar-refractivity contribution in [1.82, 2.24) is 0 Å². The molecule has 4 aliphatic rings. The van der Waals surface area contributed by atoms with Gasteiger partial charge in [0.1, 0.15) is 0 Å². The average Bonchev–Trinajstić information content (AvgIpc) is 2.55. The Morgan fingerprint density at radius 2 is 1.23 bits per heavy atom. The van der Waals surface area contributed by atoms with Crippen LogP contribution in [-0.4, -0.2) is 0 Å². The van der Waals surface area contributed by atoms with Crippen LogP contribution in [0, 0.1) is 44.8 Å². The normalized spacial score (nSPS) is 56.2. The molecule has 0 N–H and O–H groups in total. The maximum absolute atomic E-state index is 2.77. The molecule has 0 aromatic carbocycles. The van der Waals surface area contributed by atoms with E-state index in [-0.39, 0.29) is 0 Å². The van der Waals surface area contributed by atoms with Crippen molar-refractivity contribution < 1.29 is 0 Å². The van der Waals surface area contributed by atoms with E-state index in [1.165, 1.54) is 70.6 Å². The fraction of sp³-hybridized carbons (Fsp3) is 1.00. The third-order valence-corrected chi connectivity index (χ3v) is 11.7. The minimum atomic E-state index is 0.566. The summed E-state index contributed by atoms with van der Waals surface area (Å²) < 4.78 is 0. The predicted molar refractivity (Wildman–Crippen MR) is 113 cm³/mol. The van der Waals surface area contributed by atoms with Gasteiger partial charge in [-0.15, -0.1) is 0 Å². The van der Waals surface area contributed by atoms with E-state index in [1.807, 2.05) is 0 Å². The van der Waals surface area contributed by atoms with Crippen LogP contribution in [0.3, 0.4) is 0 Å². The van der Waals surface area contributed by atoms with Crippen LogP contribution in [-0.2, 0) is 0 Å². The second-order valence-electron chi connectivity index (χ2n) is 12.8. The van der Waals surface area contributed by atoms with Crippen LogP contribution < -0.4 is 0 Å². The molecule has 0 bridgehead atoms. The van der Waals surface area contributed by atoms with Gasteiger partial charge in [-0.3, -0.25) is 0 Å². The first-order valence-electron chi connectivity index (χ1n) is 12.0. The fourth-order valence-corrected chi connectivity index (χ4v) is 10.1. The van der Waals surface area contributed by atoms with Gasteiger partial charge in [0.2, 0.25) is 0 Å². The summed E-state index contributed by atoms with van der Waals surface area (Å²) >= 11 is 0. The molecule has 0 spiro atoms. The van der Waals surface area contributed by atoms with Crippen LogP contribution >= 0.6 is 0 Å². The van der Waals surface area contributed by atoms with E-state index in [4.69, 9.17) is 0 Å². The Labute approximate surface area is 164 Å². The zero-order valence-corrected chi connectivity index (χ0v) is 19.0.